The van der Waals surface area contributed by atoms with Crippen LogP contribution in [-0.2, 0) is 11.2 Å². The molecule has 1 aromatic carbocycles. The molecule has 2 aromatic rings. The largest absolute Gasteiger partial charge is 0.352 e. The Kier molecular flexibility index (Phi) is 9.29. The molecular weight excluding hydrogens is 365 g/mol. The Balaban J connectivity index is 0.00000144. The number of carbonyl (C=O) groups excluding carboxylic acids is 1. The summed E-state index contributed by atoms with van der Waals surface area (Å²) < 4.78 is 1.22. The molecule has 132 valence electrons. The maximum atomic E-state index is 11.9. The third kappa shape index (κ3) is 6.06. The quantitative estimate of drug-likeness (QED) is 0.745. The molecule has 7 heteroatoms. The van der Waals surface area contributed by atoms with Crippen molar-refractivity contribution >= 4 is 52.3 Å². The molecule has 0 spiro atoms. The Morgan fingerprint density at radius 2 is 2.12 bits per heavy atom. The second-order valence-electron chi connectivity index (χ2n) is 5.52. The van der Waals surface area contributed by atoms with Crippen LogP contribution in [0.25, 0.3) is 10.2 Å². The van der Waals surface area contributed by atoms with Gasteiger partial charge in [-0.2, -0.15) is 0 Å². The van der Waals surface area contributed by atoms with Gasteiger partial charge < -0.3 is 10.6 Å². The summed E-state index contributed by atoms with van der Waals surface area (Å²) >= 11 is 1.73. The van der Waals surface area contributed by atoms with Crippen molar-refractivity contribution in [1.29, 1.82) is 0 Å². The number of hydrogen-bond acceptors (Lipinski definition) is 4. The Labute approximate surface area is 158 Å². The molecule has 2 N–H and O–H groups in total. The molecule has 4 nitrogen and oxygen atoms in total. The van der Waals surface area contributed by atoms with Gasteiger partial charge in [0.05, 0.1) is 15.2 Å². The summed E-state index contributed by atoms with van der Waals surface area (Å²) in [5, 5.41) is 7.40. The van der Waals surface area contributed by atoms with E-state index in [0.717, 1.165) is 42.9 Å². The van der Waals surface area contributed by atoms with Crippen molar-refractivity contribution in [1.82, 2.24) is 15.6 Å². The topological polar surface area (TPSA) is 54.0 Å². The minimum absolute atomic E-state index is 0. The highest BCUT2D eigenvalue weighted by molar-refractivity contribution is 7.18. The van der Waals surface area contributed by atoms with Crippen LogP contribution in [0.15, 0.2) is 35.9 Å². The summed E-state index contributed by atoms with van der Waals surface area (Å²) in [6.45, 7) is 2.63. The Hall–Kier alpha value is -1.14. The number of para-hydroxylation sites is 1. The molecule has 0 atom stereocenters. The molecule has 3 rings (SSSR count). The van der Waals surface area contributed by atoms with Gasteiger partial charge in [-0.1, -0.05) is 23.8 Å². The summed E-state index contributed by atoms with van der Waals surface area (Å²) in [7, 11) is 0. The average molecular weight is 388 g/mol. The molecule has 24 heavy (non-hydrogen) atoms. The van der Waals surface area contributed by atoms with Gasteiger partial charge in [0.15, 0.2) is 0 Å². The van der Waals surface area contributed by atoms with Crippen molar-refractivity contribution in [3.05, 3.63) is 40.9 Å². The molecule has 1 amide bonds. The number of aromatic nitrogens is 1. The monoisotopic (exact) mass is 387 g/mol. The molecule has 1 aliphatic rings. The highest BCUT2D eigenvalue weighted by atomic mass is 35.5. The van der Waals surface area contributed by atoms with Gasteiger partial charge >= 0.3 is 0 Å². The Morgan fingerprint density at radius 1 is 1.29 bits per heavy atom. The van der Waals surface area contributed by atoms with E-state index in [1.807, 2.05) is 18.2 Å². The van der Waals surface area contributed by atoms with Gasteiger partial charge in [0.25, 0.3) is 0 Å². The lowest BCUT2D eigenvalue weighted by Gasteiger charge is -2.14. The number of carbonyl (C=O) groups is 1. The molecule has 1 aliphatic heterocycles. The van der Waals surface area contributed by atoms with Gasteiger partial charge in [-0.25, -0.2) is 4.98 Å². The van der Waals surface area contributed by atoms with E-state index in [1.54, 1.807) is 11.3 Å². The highest BCUT2D eigenvalue weighted by Gasteiger charge is 2.07. The van der Waals surface area contributed by atoms with Crippen LogP contribution >= 0.6 is 36.2 Å². The van der Waals surface area contributed by atoms with Crippen LogP contribution < -0.4 is 10.6 Å². The lowest BCUT2D eigenvalue weighted by molar-refractivity contribution is -0.121. The minimum Gasteiger partial charge on any atom is -0.352 e. The van der Waals surface area contributed by atoms with Crippen LogP contribution in [0.5, 0.6) is 0 Å². The number of thiazole rings is 1. The third-order valence-electron chi connectivity index (χ3n) is 3.80. The van der Waals surface area contributed by atoms with Crippen LogP contribution in [0, 0.1) is 0 Å². The number of nitrogens with zero attached hydrogens (tertiary/aromatic N) is 1. The molecule has 0 radical (unpaired) electrons. The molecular formula is C17H23Cl2N3OS. The molecule has 0 saturated heterocycles. The number of rotatable bonds is 6. The van der Waals surface area contributed by atoms with Gasteiger partial charge in [0.1, 0.15) is 0 Å². The van der Waals surface area contributed by atoms with Crippen molar-refractivity contribution in [3.8, 4) is 0 Å². The van der Waals surface area contributed by atoms with Gasteiger partial charge in [-0.05, 0) is 37.9 Å². The predicted molar refractivity (Wildman–Crippen MR) is 106 cm³/mol. The summed E-state index contributed by atoms with van der Waals surface area (Å²) in [4.78, 5) is 16.5. The van der Waals surface area contributed by atoms with Crippen molar-refractivity contribution in [2.75, 3.05) is 19.6 Å². The van der Waals surface area contributed by atoms with E-state index in [1.165, 1.54) is 10.3 Å². The first-order valence-electron chi connectivity index (χ1n) is 7.81. The third-order valence-corrected chi connectivity index (χ3v) is 4.90. The number of nitrogens with one attached hydrogen (secondary N) is 2. The van der Waals surface area contributed by atoms with Gasteiger partial charge in [-0.3, -0.25) is 4.79 Å². The zero-order chi connectivity index (χ0) is 15.2. The van der Waals surface area contributed by atoms with E-state index < -0.39 is 0 Å². The first-order valence-corrected chi connectivity index (χ1v) is 8.63. The zero-order valence-corrected chi connectivity index (χ0v) is 15.9. The maximum absolute atomic E-state index is 11.9. The molecule has 1 aromatic heterocycles. The van der Waals surface area contributed by atoms with E-state index in [4.69, 9.17) is 0 Å². The van der Waals surface area contributed by atoms with Crippen LogP contribution in [0.2, 0.25) is 0 Å². The van der Waals surface area contributed by atoms with Gasteiger partial charge in [-0.15, -0.1) is 36.2 Å². The van der Waals surface area contributed by atoms with Crippen molar-refractivity contribution in [2.24, 2.45) is 0 Å². The summed E-state index contributed by atoms with van der Waals surface area (Å²) in [6, 6.07) is 8.17. The second-order valence-corrected chi connectivity index (χ2v) is 6.64. The zero-order valence-electron chi connectivity index (χ0n) is 13.4. The number of halogens is 2. The Morgan fingerprint density at radius 3 is 2.88 bits per heavy atom. The maximum Gasteiger partial charge on any atom is 0.220 e. The van der Waals surface area contributed by atoms with E-state index >= 15 is 0 Å². The summed E-state index contributed by atoms with van der Waals surface area (Å²) in [5.74, 6) is 0.139. The van der Waals surface area contributed by atoms with Crippen LogP contribution in [-0.4, -0.2) is 30.5 Å². The molecule has 0 fully saturated rings. The van der Waals surface area contributed by atoms with Gasteiger partial charge in [0, 0.05) is 19.5 Å². The summed E-state index contributed by atoms with van der Waals surface area (Å²) in [5.41, 5.74) is 2.39. The fourth-order valence-electron chi connectivity index (χ4n) is 2.56. The lowest BCUT2D eigenvalue weighted by Crippen LogP contribution is -2.29. The molecule has 0 unspecified atom stereocenters. The molecule has 0 aliphatic carbocycles. The van der Waals surface area contributed by atoms with Crippen LogP contribution in [0.4, 0.5) is 0 Å². The van der Waals surface area contributed by atoms with Crippen molar-refractivity contribution < 1.29 is 4.79 Å². The average Bonchev–Trinajstić information content (AvgIpc) is 2.96. The van der Waals surface area contributed by atoms with Gasteiger partial charge in [0.2, 0.25) is 5.91 Å². The van der Waals surface area contributed by atoms with E-state index in [0.29, 0.717) is 13.0 Å². The van der Waals surface area contributed by atoms with Crippen molar-refractivity contribution in [2.45, 2.75) is 25.7 Å². The lowest BCUT2D eigenvalue weighted by atomic mass is 10.1. The number of fused-ring (bicyclic) bond motifs is 1. The van der Waals surface area contributed by atoms with E-state index in [9.17, 15) is 4.79 Å². The molecule has 2 heterocycles. The smallest absolute Gasteiger partial charge is 0.220 e. The fourth-order valence-corrected chi connectivity index (χ4v) is 3.57. The minimum atomic E-state index is 0. The van der Waals surface area contributed by atoms with E-state index in [2.05, 4.69) is 27.8 Å². The Bertz CT molecular complexity index is 654. The normalized spacial score (nSPS) is 13.6. The second kappa shape index (κ2) is 10.7. The fraction of sp³-hybridized carbons (Fsp3) is 0.412. The number of amides is 1. The van der Waals surface area contributed by atoms with Crippen LogP contribution in [0.1, 0.15) is 24.3 Å². The van der Waals surface area contributed by atoms with E-state index in [-0.39, 0.29) is 30.7 Å². The number of aryl methyl sites for hydroxylation is 1. The van der Waals surface area contributed by atoms with Crippen LogP contribution in [0.3, 0.4) is 0 Å². The van der Waals surface area contributed by atoms with Crippen molar-refractivity contribution in [3.63, 3.8) is 0 Å². The predicted octanol–water partition coefficient (Wildman–Crippen LogP) is 3.50. The highest BCUT2D eigenvalue weighted by Crippen LogP contribution is 2.22. The SMILES string of the molecule is Cl.Cl.O=C(CCCc1nc2ccccc2s1)NCC1=CCNCC1. The molecule has 0 saturated carbocycles. The first kappa shape index (κ1) is 20.9. The number of benzene rings is 1. The summed E-state index contributed by atoms with van der Waals surface area (Å²) in [6.07, 6.45) is 5.50. The first-order chi connectivity index (χ1) is 10.8. The molecule has 0 bridgehead atoms. The number of hydrogen-bond donors (Lipinski definition) is 2. The standard InChI is InChI=1S/C17H21N3OS.2ClH/c21-16(19-12-13-8-10-18-11-9-13)6-3-7-17-20-14-4-1-2-5-15(14)22-17;;/h1-2,4-5,8,18H,3,6-7,9-12H2,(H,19,21);2*1H.